The number of hydrogen-bond donors (Lipinski definition) is 2. The van der Waals surface area contributed by atoms with Crippen LogP contribution < -0.4 is 15.4 Å². The fourth-order valence-electron chi connectivity index (χ4n) is 2.20. The third-order valence-electron chi connectivity index (χ3n) is 3.61. The molecule has 2 aromatic carbocycles. The predicted molar refractivity (Wildman–Crippen MR) is 98.9 cm³/mol. The second-order valence-electron chi connectivity index (χ2n) is 6.08. The van der Waals surface area contributed by atoms with Gasteiger partial charge in [-0.1, -0.05) is 42.5 Å². The summed E-state index contributed by atoms with van der Waals surface area (Å²) < 4.78 is 46.0. The fraction of sp³-hybridized carbons (Fsp3) is 0.300. The fourth-order valence-corrected chi connectivity index (χ4v) is 2.20. The molecule has 6 nitrogen and oxygen atoms in total. The van der Waals surface area contributed by atoms with Crippen molar-refractivity contribution >= 4 is 11.8 Å². The van der Waals surface area contributed by atoms with Gasteiger partial charge in [0.25, 0.3) is 5.91 Å². The summed E-state index contributed by atoms with van der Waals surface area (Å²) in [6, 6.07) is 15.4. The van der Waals surface area contributed by atoms with Crippen molar-refractivity contribution in [2.24, 2.45) is 0 Å². The number of alkyl halides is 3. The zero-order valence-electron chi connectivity index (χ0n) is 15.5. The lowest BCUT2D eigenvalue weighted by atomic mass is 10.1. The maximum Gasteiger partial charge on any atom is 0.411 e. The highest BCUT2D eigenvalue weighted by atomic mass is 19.4. The molecule has 0 heterocycles. The average molecular weight is 410 g/mol. The van der Waals surface area contributed by atoms with Crippen LogP contribution in [0.3, 0.4) is 0 Å². The Bertz CT molecular complexity index is 781. The Balaban J connectivity index is 1.62. The van der Waals surface area contributed by atoms with E-state index in [9.17, 15) is 22.8 Å². The Labute approximate surface area is 166 Å². The van der Waals surface area contributed by atoms with Crippen molar-refractivity contribution in [1.29, 1.82) is 0 Å². The minimum absolute atomic E-state index is 0.150. The number of halogens is 3. The van der Waals surface area contributed by atoms with E-state index in [0.29, 0.717) is 11.3 Å². The SMILES string of the molecule is O=C(CNC(=O)COc1ccccc1)NCc1ccc(COCC(F)(F)F)cc1. The van der Waals surface area contributed by atoms with E-state index in [-0.39, 0.29) is 32.2 Å². The van der Waals surface area contributed by atoms with Crippen LogP contribution in [0.1, 0.15) is 11.1 Å². The first-order valence-corrected chi connectivity index (χ1v) is 8.75. The Morgan fingerprint density at radius 2 is 1.52 bits per heavy atom. The lowest BCUT2D eigenvalue weighted by Gasteiger charge is -2.09. The van der Waals surface area contributed by atoms with Crippen molar-refractivity contribution in [3.63, 3.8) is 0 Å². The van der Waals surface area contributed by atoms with Gasteiger partial charge in [0.2, 0.25) is 5.91 Å². The van der Waals surface area contributed by atoms with Crippen LogP contribution in [0, 0.1) is 0 Å². The van der Waals surface area contributed by atoms with Gasteiger partial charge in [-0.2, -0.15) is 13.2 Å². The van der Waals surface area contributed by atoms with E-state index in [1.165, 1.54) is 0 Å². The van der Waals surface area contributed by atoms with Gasteiger partial charge >= 0.3 is 6.18 Å². The Morgan fingerprint density at radius 3 is 2.17 bits per heavy atom. The van der Waals surface area contributed by atoms with Gasteiger partial charge in [-0.15, -0.1) is 0 Å². The van der Waals surface area contributed by atoms with Crippen LogP contribution in [0.25, 0.3) is 0 Å². The number of carbonyl (C=O) groups is 2. The van der Waals surface area contributed by atoms with E-state index in [0.717, 1.165) is 5.56 Å². The number of benzene rings is 2. The lowest BCUT2D eigenvalue weighted by molar-refractivity contribution is -0.176. The van der Waals surface area contributed by atoms with Crippen molar-refractivity contribution in [1.82, 2.24) is 10.6 Å². The molecule has 0 saturated heterocycles. The summed E-state index contributed by atoms with van der Waals surface area (Å²) in [5.41, 5.74) is 1.35. The Morgan fingerprint density at radius 1 is 0.862 bits per heavy atom. The van der Waals surface area contributed by atoms with E-state index in [1.807, 2.05) is 6.07 Å². The molecule has 0 saturated carbocycles. The minimum atomic E-state index is -4.35. The van der Waals surface area contributed by atoms with Crippen molar-refractivity contribution in [3.8, 4) is 5.75 Å². The molecule has 0 unspecified atom stereocenters. The molecule has 0 spiro atoms. The molecule has 0 bridgehead atoms. The summed E-state index contributed by atoms with van der Waals surface area (Å²) in [7, 11) is 0. The highest BCUT2D eigenvalue weighted by molar-refractivity contribution is 5.85. The van der Waals surface area contributed by atoms with Gasteiger partial charge in [0.15, 0.2) is 6.61 Å². The summed E-state index contributed by atoms with van der Waals surface area (Å²) in [5.74, 6) is -0.248. The first-order chi connectivity index (χ1) is 13.8. The second kappa shape index (κ2) is 11.1. The number of ether oxygens (including phenoxy) is 2. The van der Waals surface area contributed by atoms with Gasteiger partial charge in [-0.25, -0.2) is 0 Å². The van der Waals surface area contributed by atoms with Crippen LogP contribution in [0.4, 0.5) is 13.2 Å². The monoisotopic (exact) mass is 410 g/mol. The quantitative estimate of drug-likeness (QED) is 0.631. The molecule has 0 fully saturated rings. The first kappa shape index (κ1) is 22.2. The number of carbonyl (C=O) groups excluding carboxylic acids is 2. The Hall–Kier alpha value is -3.07. The summed E-state index contributed by atoms with van der Waals surface area (Å²) in [6.45, 7) is -1.62. The number of amides is 2. The normalized spacial score (nSPS) is 11.0. The molecule has 0 aromatic heterocycles. The largest absolute Gasteiger partial charge is 0.484 e. The number of nitrogens with one attached hydrogen (secondary N) is 2. The third kappa shape index (κ3) is 9.61. The van der Waals surface area contributed by atoms with Gasteiger partial charge in [-0.3, -0.25) is 9.59 Å². The van der Waals surface area contributed by atoms with Gasteiger partial charge in [0.1, 0.15) is 12.4 Å². The van der Waals surface area contributed by atoms with Crippen LogP contribution in [0.5, 0.6) is 5.75 Å². The Kier molecular flexibility index (Phi) is 8.47. The molecule has 0 radical (unpaired) electrons. The van der Waals surface area contributed by atoms with Crippen molar-refractivity contribution < 1.29 is 32.2 Å². The average Bonchev–Trinajstić information content (AvgIpc) is 2.70. The van der Waals surface area contributed by atoms with Crippen LogP contribution in [-0.4, -0.2) is 37.7 Å². The van der Waals surface area contributed by atoms with Crippen molar-refractivity contribution in [2.75, 3.05) is 19.8 Å². The van der Waals surface area contributed by atoms with E-state index >= 15 is 0 Å². The molecular formula is C20H21F3N2O4. The summed E-state index contributed by atoms with van der Waals surface area (Å²) in [4.78, 5) is 23.5. The molecule has 0 aliphatic rings. The summed E-state index contributed by atoms with van der Waals surface area (Å²) in [6.07, 6.45) is -4.35. The molecule has 2 rings (SSSR count). The third-order valence-corrected chi connectivity index (χ3v) is 3.61. The smallest absolute Gasteiger partial charge is 0.411 e. The maximum absolute atomic E-state index is 12.0. The van der Waals surface area contributed by atoms with E-state index in [1.54, 1.807) is 48.5 Å². The van der Waals surface area contributed by atoms with Crippen molar-refractivity contribution in [2.45, 2.75) is 19.3 Å². The second-order valence-corrected chi connectivity index (χ2v) is 6.08. The summed E-state index contributed by atoms with van der Waals surface area (Å²) >= 11 is 0. The van der Waals surface area contributed by atoms with Gasteiger partial charge in [-0.05, 0) is 23.3 Å². The molecule has 156 valence electrons. The highest BCUT2D eigenvalue weighted by Gasteiger charge is 2.27. The number of hydrogen-bond acceptors (Lipinski definition) is 4. The standard InChI is InChI=1S/C20H21F3N2O4/c21-20(22,23)14-28-12-16-8-6-15(7-9-16)10-24-18(26)11-25-19(27)13-29-17-4-2-1-3-5-17/h1-9H,10-14H2,(H,24,26)(H,25,27). The van der Waals surface area contributed by atoms with Crippen LogP contribution >= 0.6 is 0 Å². The molecule has 0 aliphatic heterocycles. The van der Waals surface area contributed by atoms with E-state index < -0.39 is 18.7 Å². The maximum atomic E-state index is 12.0. The van der Waals surface area contributed by atoms with E-state index in [2.05, 4.69) is 15.4 Å². The minimum Gasteiger partial charge on any atom is -0.484 e. The zero-order chi connectivity index (χ0) is 21.1. The molecule has 2 aromatic rings. The molecule has 9 heteroatoms. The lowest BCUT2D eigenvalue weighted by Crippen LogP contribution is -2.38. The molecule has 0 atom stereocenters. The van der Waals surface area contributed by atoms with Gasteiger partial charge < -0.3 is 20.1 Å². The highest BCUT2D eigenvalue weighted by Crippen LogP contribution is 2.15. The van der Waals surface area contributed by atoms with Gasteiger partial charge in [0, 0.05) is 6.54 Å². The topological polar surface area (TPSA) is 76.7 Å². The molecule has 29 heavy (non-hydrogen) atoms. The van der Waals surface area contributed by atoms with Crippen LogP contribution in [-0.2, 0) is 27.5 Å². The van der Waals surface area contributed by atoms with Crippen molar-refractivity contribution in [3.05, 3.63) is 65.7 Å². The van der Waals surface area contributed by atoms with Gasteiger partial charge in [0.05, 0.1) is 13.2 Å². The molecular weight excluding hydrogens is 389 g/mol. The number of para-hydroxylation sites is 1. The molecule has 0 aliphatic carbocycles. The van der Waals surface area contributed by atoms with Crippen LogP contribution in [0.2, 0.25) is 0 Å². The molecule has 2 amide bonds. The predicted octanol–water partition coefficient (Wildman–Crippen LogP) is 2.58. The van der Waals surface area contributed by atoms with E-state index in [4.69, 9.17) is 4.74 Å². The number of rotatable bonds is 10. The van der Waals surface area contributed by atoms with Crippen LogP contribution in [0.15, 0.2) is 54.6 Å². The zero-order valence-corrected chi connectivity index (χ0v) is 15.5. The summed E-state index contributed by atoms with van der Waals surface area (Å²) in [5, 5.41) is 5.09. The first-order valence-electron chi connectivity index (χ1n) is 8.75. The molecule has 2 N–H and O–H groups in total.